The van der Waals surface area contributed by atoms with Crippen molar-refractivity contribution in [2.24, 2.45) is 0 Å². The minimum atomic E-state index is -0.157. The van der Waals surface area contributed by atoms with Crippen molar-refractivity contribution in [2.75, 3.05) is 101 Å². The van der Waals surface area contributed by atoms with E-state index in [1.165, 1.54) is 53.6 Å². The number of aromatic nitrogens is 15. The Balaban J connectivity index is 0.000000119. The summed E-state index contributed by atoms with van der Waals surface area (Å²) in [6, 6.07) is 38.3. The van der Waals surface area contributed by atoms with Crippen LogP contribution in [0.15, 0.2) is 185 Å². The second-order valence-electron chi connectivity index (χ2n) is 31.0. The molecule has 28 heteroatoms. The van der Waals surface area contributed by atoms with E-state index in [0.29, 0.717) is 131 Å². The zero-order valence-corrected chi connectivity index (χ0v) is 64.7. The third kappa shape index (κ3) is 15.1. The summed E-state index contributed by atoms with van der Waals surface area (Å²) in [6.45, 7) is 10.4. The van der Waals surface area contributed by atoms with Crippen molar-refractivity contribution < 1.29 is 14.2 Å². The highest BCUT2D eigenvalue weighted by Crippen LogP contribution is 2.54. The Labute approximate surface area is 659 Å². The van der Waals surface area contributed by atoms with E-state index in [4.69, 9.17) is 39.1 Å². The maximum absolute atomic E-state index is 13.4. The number of benzene rings is 3. The van der Waals surface area contributed by atoms with Crippen LogP contribution in [0.1, 0.15) is 106 Å². The van der Waals surface area contributed by atoms with Crippen LogP contribution in [-0.4, -0.2) is 168 Å². The molecule has 2 saturated carbocycles. The average Bonchev–Trinajstić information content (AvgIpc) is 1.58. The maximum atomic E-state index is 13.4. The molecule has 2 spiro atoms. The molecule has 12 aromatic rings. The van der Waals surface area contributed by atoms with E-state index in [1.54, 1.807) is 46.7 Å². The number of hydrogen-bond donors (Lipinski definition) is 3. The smallest absolute Gasteiger partial charge is 0.278 e. The molecule has 1 saturated heterocycles. The van der Waals surface area contributed by atoms with Gasteiger partial charge in [-0.25, -0.2) is 43.0 Å². The molecule has 20 rings (SSSR count). The summed E-state index contributed by atoms with van der Waals surface area (Å²) < 4.78 is 27.9. The van der Waals surface area contributed by atoms with E-state index in [0.717, 1.165) is 127 Å². The van der Waals surface area contributed by atoms with Gasteiger partial charge in [-0.2, -0.15) is 29.9 Å². The van der Waals surface area contributed by atoms with Crippen molar-refractivity contribution >= 4 is 73.7 Å². The van der Waals surface area contributed by atoms with E-state index in [2.05, 4.69) is 143 Å². The number of rotatable bonds is 7. The van der Waals surface area contributed by atoms with Gasteiger partial charge in [-0.05, 0) is 200 Å². The Morgan fingerprint density at radius 1 is 0.412 bits per heavy atom. The van der Waals surface area contributed by atoms with Gasteiger partial charge in [0.15, 0.2) is 34.4 Å². The lowest BCUT2D eigenvalue weighted by Crippen LogP contribution is -2.44. The van der Waals surface area contributed by atoms with Crippen molar-refractivity contribution in [3.63, 3.8) is 0 Å². The summed E-state index contributed by atoms with van der Waals surface area (Å²) >= 11 is 0. The summed E-state index contributed by atoms with van der Waals surface area (Å²) in [5, 5.41) is 11.4. The van der Waals surface area contributed by atoms with E-state index in [-0.39, 0.29) is 22.2 Å². The Morgan fingerprint density at radius 3 is 1.32 bits per heavy atom. The van der Waals surface area contributed by atoms with Gasteiger partial charge < -0.3 is 44.9 Å². The highest BCUT2D eigenvalue weighted by molar-refractivity contribution is 5.80. The Hall–Kier alpha value is -12.1. The Morgan fingerprint density at radius 2 is 0.860 bits per heavy atom. The minimum absolute atomic E-state index is 0.147. The van der Waals surface area contributed by atoms with E-state index in [1.807, 2.05) is 85.0 Å². The van der Waals surface area contributed by atoms with Crippen LogP contribution in [0.25, 0.3) is 50.6 Å². The van der Waals surface area contributed by atoms with Crippen molar-refractivity contribution in [1.29, 1.82) is 0 Å². The number of ether oxygens (including phenoxy) is 3. The van der Waals surface area contributed by atoms with Crippen LogP contribution >= 0.6 is 0 Å². The molecule has 6 aliphatic heterocycles. The predicted octanol–water partition coefficient (Wildman–Crippen LogP) is 12.2. The number of pyridine rings is 3. The summed E-state index contributed by atoms with van der Waals surface area (Å²) in [5.74, 6) is 4.64. The Bertz CT molecular complexity index is 5860. The van der Waals surface area contributed by atoms with Gasteiger partial charge >= 0.3 is 0 Å². The molecule has 3 fully saturated rings. The first kappa shape index (κ1) is 73.3. The monoisotopic (exact) mass is 1530 g/mol. The molecule has 8 aliphatic rings. The van der Waals surface area contributed by atoms with Gasteiger partial charge in [0.2, 0.25) is 35.5 Å². The highest BCUT2D eigenvalue weighted by atomic mass is 16.5. The first-order valence-electron chi connectivity index (χ1n) is 40.1. The number of likely N-dealkylation sites (N-methyl/N-ethyl adjacent to an activating group) is 3. The summed E-state index contributed by atoms with van der Waals surface area (Å²) in [4.78, 5) is 91.9. The average molecular weight is 1530 g/mol. The molecule has 6 bridgehead atoms. The number of nitrogens with one attached hydrogen (secondary N) is 3. The van der Waals surface area contributed by atoms with Gasteiger partial charge in [-0.3, -0.25) is 19.3 Å². The number of allylic oxidation sites excluding steroid dienone is 6. The fraction of sp³-hybridized carbons (Fsp3) is 0.372. The first-order chi connectivity index (χ1) is 55.9. The lowest BCUT2D eigenvalue weighted by atomic mass is 9.87. The number of hydrogen-bond acceptors (Lipinski definition) is 22. The van der Waals surface area contributed by atoms with E-state index < -0.39 is 0 Å². The summed E-state index contributed by atoms with van der Waals surface area (Å²) in [6.07, 6.45) is 32.0. The topological polar surface area (TPSA) is 274 Å². The molecular formula is C86H94N22O6. The fourth-order valence-electron chi connectivity index (χ4n) is 16.6. The normalized spacial score (nSPS) is 17.9. The number of fused-ring (bicyclic) bond motifs is 22. The third-order valence-corrected chi connectivity index (χ3v) is 23.0. The molecule has 3 N–H and O–H groups in total. The maximum Gasteiger partial charge on any atom is 0.278 e. The zero-order chi connectivity index (χ0) is 77.3. The second-order valence-corrected chi connectivity index (χ2v) is 31.0. The molecule has 0 amide bonds. The number of nitrogens with zero attached hydrogens (tertiary/aromatic N) is 19. The molecule has 9 aromatic heterocycles. The van der Waals surface area contributed by atoms with Gasteiger partial charge in [0.05, 0.1) is 39.5 Å². The van der Waals surface area contributed by atoms with Gasteiger partial charge in [-0.15, -0.1) is 0 Å². The number of piperazine rings is 1. The zero-order valence-electron chi connectivity index (χ0n) is 64.7. The van der Waals surface area contributed by atoms with Gasteiger partial charge in [0.1, 0.15) is 16.2 Å². The molecule has 0 atom stereocenters. The summed E-state index contributed by atoms with van der Waals surface area (Å²) in [5.41, 5.74) is 11.2. The van der Waals surface area contributed by atoms with E-state index in [9.17, 15) is 14.4 Å². The molecule has 2 aliphatic carbocycles. The van der Waals surface area contributed by atoms with Crippen molar-refractivity contribution in [3.05, 3.63) is 224 Å². The lowest BCUT2D eigenvalue weighted by Gasteiger charge is -2.35. The highest BCUT2D eigenvalue weighted by Gasteiger charge is 2.51. The van der Waals surface area contributed by atoms with Crippen LogP contribution < -0.4 is 51.7 Å². The molecule has 28 nitrogen and oxygen atoms in total. The molecule has 584 valence electrons. The molecule has 114 heavy (non-hydrogen) atoms. The lowest BCUT2D eigenvalue weighted by molar-refractivity contribution is 0.208. The molecule has 0 unspecified atom stereocenters. The van der Waals surface area contributed by atoms with Gasteiger partial charge in [-0.1, -0.05) is 66.8 Å². The van der Waals surface area contributed by atoms with E-state index >= 15 is 0 Å². The standard InChI is InChI=1S/2C29H31N7O2.C28H32N8O2/c1-34-16-12-20-10-11-21(18-23(20)29(34)13-14-29)31-28-30-19-22-26(33-28)36-24-8-7-9-25(32-24)38-17-6-4-2-3-5-15-35(36)27(22)37;1-34-18-20-16-21(10-11-23(20)29(19-34)12-13-29)31-28-30-17-22-26(33-28)36-24-8-7-9-25(32-24)38-15-6-4-2-3-5-14-35(36)27(22)37;1-33-15-17-34(18-16-33)22-12-10-21(11-13-22)30-28-29-20-23-26(32-28)36-24-8-7-9-25(31-24)38-19-6-4-2-3-5-14-35(36)27(23)37/h3,5,7-11,18-19H,2,4,6,12-17H2,1H3,(H,30,31,33);3,5,7-11,16-17H,2,4,6,12-15,18-19H2,1H3,(H,30,31,33);3,5,7-13,20H,2,4,6,14-19H2,1H3,(H,29,30,32). The third-order valence-electron chi connectivity index (χ3n) is 23.0. The van der Waals surface area contributed by atoms with Crippen LogP contribution in [0.4, 0.5) is 40.6 Å². The van der Waals surface area contributed by atoms with Crippen molar-refractivity contribution in [2.45, 2.75) is 127 Å². The molecule has 3 aromatic carbocycles. The molecule has 0 radical (unpaired) electrons. The quantitative estimate of drug-likeness (QED) is 0.125. The van der Waals surface area contributed by atoms with Crippen LogP contribution in [0.3, 0.4) is 0 Å². The molecule has 15 heterocycles. The fourth-order valence-corrected chi connectivity index (χ4v) is 16.6. The largest absolute Gasteiger partial charge is 0.478 e. The van der Waals surface area contributed by atoms with Crippen LogP contribution in [-0.2, 0) is 43.6 Å². The predicted molar refractivity (Wildman–Crippen MR) is 442 cm³/mol. The number of anilines is 7. The summed E-state index contributed by atoms with van der Waals surface area (Å²) in [7, 11) is 6.58. The minimum Gasteiger partial charge on any atom is -0.478 e. The van der Waals surface area contributed by atoms with Crippen molar-refractivity contribution in [3.8, 4) is 35.1 Å². The first-order valence-corrected chi connectivity index (χ1v) is 40.1. The second kappa shape index (κ2) is 31.8. The van der Waals surface area contributed by atoms with Crippen LogP contribution in [0.5, 0.6) is 17.6 Å². The van der Waals surface area contributed by atoms with Gasteiger partial charge in [0, 0.05) is 116 Å². The molecular weight excluding hydrogens is 1440 g/mol. The Kier molecular flexibility index (Phi) is 20.5. The van der Waals surface area contributed by atoms with Gasteiger partial charge in [0.25, 0.3) is 16.7 Å². The van der Waals surface area contributed by atoms with Crippen LogP contribution in [0, 0.1) is 0 Å². The SMILES string of the molecule is CN1CCN(c2ccc(Nc3ncc4c(=O)n5n(c4n3)-c3cccc(n3)OCCCCC=CC5)cc2)CC1.CN1CCc2ccc(Nc3ncc4c(=O)n5n(c4n3)-c3cccc(n3)OCCCCC=CC5)cc2C12CC2.CN1Cc2cc(Nc3ncc4c(=O)n5n(c4n3)-c3cccc(n3)OCCCCC=CC5)ccc2C2(CC2)C1. The van der Waals surface area contributed by atoms with Crippen molar-refractivity contribution in [1.82, 2.24) is 87.6 Å². The van der Waals surface area contributed by atoms with Crippen LogP contribution in [0.2, 0.25) is 0 Å².